The highest BCUT2D eigenvalue weighted by molar-refractivity contribution is 6.03. The van der Waals surface area contributed by atoms with E-state index in [9.17, 15) is 9.18 Å². The number of nitrogens with one attached hydrogen (secondary N) is 1. The molecular formula is C14H12FN5O. The average Bonchev–Trinajstić information content (AvgIpc) is 2.74. The number of hydrogen-bond acceptors (Lipinski definition) is 4. The number of aryl methyl sites for hydroxylation is 2. The maximum Gasteiger partial charge on any atom is 0.274 e. The number of carbonyl (C=O) groups is 1. The molecule has 1 amide bonds. The summed E-state index contributed by atoms with van der Waals surface area (Å²) in [5.41, 5.74) is 2.07. The van der Waals surface area contributed by atoms with Gasteiger partial charge in [0.2, 0.25) is 5.95 Å². The summed E-state index contributed by atoms with van der Waals surface area (Å²) in [5, 5.41) is 7.76. The van der Waals surface area contributed by atoms with Crippen LogP contribution in [0.1, 0.15) is 16.2 Å². The Balaban J connectivity index is 1.91. The van der Waals surface area contributed by atoms with Gasteiger partial charge in [0.25, 0.3) is 5.91 Å². The number of nitrogens with zero attached hydrogens (tertiary/aromatic N) is 4. The van der Waals surface area contributed by atoms with Crippen LogP contribution in [0.15, 0.2) is 30.5 Å². The summed E-state index contributed by atoms with van der Waals surface area (Å²) < 4.78 is 14.7. The van der Waals surface area contributed by atoms with Crippen molar-refractivity contribution < 1.29 is 9.18 Å². The number of aromatic nitrogens is 4. The molecule has 6 nitrogen and oxygen atoms in total. The molecule has 0 fully saturated rings. The highest BCUT2D eigenvalue weighted by atomic mass is 19.1. The summed E-state index contributed by atoms with van der Waals surface area (Å²) in [7, 11) is 1.80. The molecule has 7 heteroatoms. The third-order valence-electron chi connectivity index (χ3n) is 3.07. The lowest BCUT2D eigenvalue weighted by Crippen LogP contribution is -2.14. The second kappa shape index (κ2) is 4.93. The molecule has 0 radical (unpaired) electrons. The molecule has 0 aliphatic carbocycles. The summed E-state index contributed by atoms with van der Waals surface area (Å²) in [5.74, 6) is -1.18. The second-order valence-corrected chi connectivity index (χ2v) is 4.60. The largest absolute Gasteiger partial charge is 0.319 e. The zero-order chi connectivity index (χ0) is 15.0. The minimum atomic E-state index is -0.695. The summed E-state index contributed by atoms with van der Waals surface area (Å²) in [4.78, 5) is 19.8. The Morgan fingerprint density at radius 1 is 1.38 bits per heavy atom. The quantitative estimate of drug-likeness (QED) is 0.731. The summed E-state index contributed by atoms with van der Waals surface area (Å²) >= 11 is 0. The highest BCUT2D eigenvalue weighted by Crippen LogP contribution is 2.19. The zero-order valence-corrected chi connectivity index (χ0v) is 11.5. The van der Waals surface area contributed by atoms with E-state index in [2.05, 4.69) is 20.4 Å². The molecule has 1 N–H and O–H groups in total. The van der Waals surface area contributed by atoms with Crippen molar-refractivity contribution in [3.05, 3.63) is 47.8 Å². The van der Waals surface area contributed by atoms with Gasteiger partial charge in [-0.2, -0.15) is 9.49 Å². The normalized spacial score (nSPS) is 10.8. The number of hydrogen-bond donors (Lipinski definition) is 1. The molecular weight excluding hydrogens is 273 g/mol. The Hall–Kier alpha value is -2.83. The van der Waals surface area contributed by atoms with Crippen molar-refractivity contribution in [2.45, 2.75) is 6.92 Å². The molecule has 3 aromatic heterocycles. The maximum absolute atomic E-state index is 13.0. The number of fused-ring (bicyclic) bond motifs is 1. The Bertz CT molecular complexity index is 842. The lowest BCUT2D eigenvalue weighted by molar-refractivity contribution is 0.102. The number of pyridine rings is 2. The molecule has 0 spiro atoms. The molecule has 0 bridgehead atoms. The van der Waals surface area contributed by atoms with E-state index < -0.39 is 11.9 Å². The number of anilines is 1. The van der Waals surface area contributed by atoms with Crippen LogP contribution in [0.5, 0.6) is 0 Å². The topological polar surface area (TPSA) is 72.7 Å². The van der Waals surface area contributed by atoms with E-state index in [1.165, 1.54) is 24.4 Å². The fraction of sp³-hybridized carbons (Fsp3) is 0.143. The molecule has 0 aromatic carbocycles. The van der Waals surface area contributed by atoms with Crippen LogP contribution in [-0.4, -0.2) is 25.7 Å². The minimum Gasteiger partial charge on any atom is -0.319 e. The first-order chi connectivity index (χ1) is 10.0. The van der Waals surface area contributed by atoms with Crippen LogP contribution in [0.25, 0.3) is 11.0 Å². The van der Waals surface area contributed by atoms with E-state index in [0.717, 1.165) is 16.7 Å². The molecule has 106 valence electrons. The molecule has 0 aliphatic heterocycles. The van der Waals surface area contributed by atoms with E-state index in [1.54, 1.807) is 17.8 Å². The van der Waals surface area contributed by atoms with Crippen LogP contribution in [0.4, 0.5) is 10.1 Å². The number of carbonyl (C=O) groups excluding carboxylic acids is 1. The Morgan fingerprint density at radius 2 is 2.19 bits per heavy atom. The van der Waals surface area contributed by atoms with E-state index in [4.69, 9.17) is 0 Å². The van der Waals surface area contributed by atoms with Crippen molar-refractivity contribution in [1.29, 1.82) is 0 Å². The van der Waals surface area contributed by atoms with Gasteiger partial charge in [-0.3, -0.25) is 9.48 Å². The Morgan fingerprint density at radius 3 is 2.95 bits per heavy atom. The van der Waals surface area contributed by atoms with E-state index >= 15 is 0 Å². The van der Waals surface area contributed by atoms with Crippen molar-refractivity contribution in [3.63, 3.8) is 0 Å². The van der Waals surface area contributed by atoms with Gasteiger partial charge in [-0.05, 0) is 25.1 Å². The lowest BCUT2D eigenvalue weighted by atomic mass is 10.2. The zero-order valence-electron chi connectivity index (χ0n) is 11.5. The van der Waals surface area contributed by atoms with Crippen LogP contribution in [-0.2, 0) is 7.05 Å². The van der Waals surface area contributed by atoms with E-state index in [-0.39, 0.29) is 5.69 Å². The molecule has 0 aliphatic rings. The minimum absolute atomic E-state index is 0.0120. The van der Waals surface area contributed by atoms with Gasteiger partial charge in [0, 0.05) is 12.4 Å². The van der Waals surface area contributed by atoms with Gasteiger partial charge >= 0.3 is 0 Å². The third kappa shape index (κ3) is 2.45. The van der Waals surface area contributed by atoms with Gasteiger partial charge in [-0.15, -0.1) is 0 Å². The van der Waals surface area contributed by atoms with Gasteiger partial charge in [0.15, 0.2) is 5.65 Å². The molecule has 0 saturated carbocycles. The van der Waals surface area contributed by atoms with E-state index in [1.807, 2.05) is 6.92 Å². The molecule has 3 aromatic rings. The molecule has 3 rings (SSSR count). The summed E-state index contributed by atoms with van der Waals surface area (Å²) in [6, 6.07) is 5.84. The molecule has 21 heavy (non-hydrogen) atoms. The van der Waals surface area contributed by atoms with Gasteiger partial charge in [-0.25, -0.2) is 9.97 Å². The molecule has 0 unspecified atom stereocenters. The smallest absolute Gasteiger partial charge is 0.274 e. The second-order valence-electron chi connectivity index (χ2n) is 4.60. The molecule has 0 saturated heterocycles. The maximum atomic E-state index is 13.0. The first kappa shape index (κ1) is 13.2. The third-order valence-corrected chi connectivity index (χ3v) is 3.07. The van der Waals surface area contributed by atoms with Crippen molar-refractivity contribution in [3.8, 4) is 0 Å². The van der Waals surface area contributed by atoms with Gasteiger partial charge in [-0.1, -0.05) is 6.07 Å². The first-order valence-corrected chi connectivity index (χ1v) is 6.28. The van der Waals surface area contributed by atoms with Gasteiger partial charge in [0.1, 0.15) is 5.69 Å². The van der Waals surface area contributed by atoms with Crippen LogP contribution < -0.4 is 5.32 Å². The van der Waals surface area contributed by atoms with Crippen molar-refractivity contribution in [1.82, 2.24) is 19.7 Å². The number of rotatable bonds is 2. The molecule has 0 atom stereocenters. The predicted octanol–water partition coefficient (Wildman–Crippen LogP) is 2.06. The fourth-order valence-corrected chi connectivity index (χ4v) is 2.11. The van der Waals surface area contributed by atoms with Gasteiger partial charge < -0.3 is 5.32 Å². The molecule has 3 heterocycles. The van der Waals surface area contributed by atoms with Crippen LogP contribution in [0.3, 0.4) is 0 Å². The summed E-state index contributed by atoms with van der Waals surface area (Å²) in [6.07, 6.45) is 1.53. The van der Waals surface area contributed by atoms with Crippen molar-refractivity contribution >= 4 is 22.6 Å². The van der Waals surface area contributed by atoms with Crippen LogP contribution in [0.2, 0.25) is 0 Å². The predicted molar refractivity (Wildman–Crippen MR) is 75.4 cm³/mol. The lowest BCUT2D eigenvalue weighted by Gasteiger charge is -2.04. The summed E-state index contributed by atoms with van der Waals surface area (Å²) in [6.45, 7) is 1.86. The van der Waals surface area contributed by atoms with Gasteiger partial charge in [0.05, 0.1) is 17.6 Å². The van der Waals surface area contributed by atoms with Crippen molar-refractivity contribution in [2.75, 3.05) is 5.32 Å². The average molecular weight is 285 g/mol. The number of halogens is 1. The Labute approximate surface area is 119 Å². The van der Waals surface area contributed by atoms with Crippen LogP contribution >= 0.6 is 0 Å². The highest BCUT2D eigenvalue weighted by Gasteiger charge is 2.11. The van der Waals surface area contributed by atoms with Crippen molar-refractivity contribution in [2.24, 2.45) is 7.05 Å². The fourth-order valence-electron chi connectivity index (χ4n) is 2.11. The first-order valence-electron chi connectivity index (χ1n) is 6.28. The SMILES string of the molecule is Cc1nn(C)c2ncc(NC(=O)c3cccc(F)n3)cc12. The number of amides is 1. The monoisotopic (exact) mass is 285 g/mol. The standard InChI is InChI=1S/C14H12FN5O/c1-8-10-6-9(7-16-13(10)20(2)19-8)17-14(21)11-4-3-5-12(15)18-11/h3-7H,1-2H3,(H,17,21). The Kier molecular flexibility index (Phi) is 3.09. The van der Waals surface area contributed by atoms with Crippen LogP contribution in [0, 0.1) is 12.9 Å². The van der Waals surface area contributed by atoms with E-state index in [0.29, 0.717) is 5.69 Å².